The number of nitrogens with zero attached hydrogens (tertiary/aromatic N) is 1. The van der Waals surface area contributed by atoms with Gasteiger partial charge in [0.2, 0.25) is 0 Å². The molecule has 1 atom stereocenters. The zero-order valence-electron chi connectivity index (χ0n) is 4.70. The number of hydrogen-bond donors (Lipinski definition) is 4. The summed E-state index contributed by atoms with van der Waals surface area (Å²) in [5, 5.41) is 8.70. The zero-order valence-corrected chi connectivity index (χ0v) is 4.70. The molecule has 0 spiro atoms. The topological polar surface area (TPSA) is 76.8 Å². The molecule has 5 N–H and O–H groups in total. The highest BCUT2D eigenvalue weighted by atomic mass is 16.5. The molecular weight excluding hydrogens is 120 g/mol. The van der Waals surface area contributed by atoms with Gasteiger partial charge in [-0.3, -0.25) is 0 Å². The van der Waals surface area contributed by atoms with Crippen molar-refractivity contribution in [2.45, 2.75) is 0 Å². The Labute approximate surface area is 52.3 Å². The van der Waals surface area contributed by atoms with Crippen molar-refractivity contribution in [2.24, 2.45) is 5.84 Å². The summed E-state index contributed by atoms with van der Waals surface area (Å²) in [6.07, 6.45) is 4.78. The van der Waals surface area contributed by atoms with Gasteiger partial charge < -0.3 is 11.3 Å². The molecule has 0 saturated heterocycles. The smallest absolute Gasteiger partial charge is 0.137 e. The van der Waals surface area contributed by atoms with Gasteiger partial charge in [0, 0.05) is 5.82 Å². The fraction of sp³-hybridized carbons (Fsp3) is 0. The van der Waals surface area contributed by atoms with Crippen molar-refractivity contribution >= 4 is 0 Å². The van der Waals surface area contributed by atoms with E-state index in [1.807, 2.05) is 0 Å². The van der Waals surface area contributed by atoms with E-state index in [4.69, 9.17) is 11.0 Å². The molecule has 0 bridgehead atoms. The third-order valence-electron chi connectivity index (χ3n) is 0.882. The first-order valence-corrected chi connectivity index (χ1v) is 2.45. The van der Waals surface area contributed by atoms with Crippen molar-refractivity contribution in [1.29, 1.82) is 0 Å². The summed E-state index contributed by atoms with van der Waals surface area (Å²) in [7, 11) is 0. The minimum absolute atomic E-state index is 0.0366. The molecule has 50 valence electrons. The molecule has 0 amide bonds. The fourth-order valence-electron chi connectivity index (χ4n) is 0.504. The molecule has 0 aliphatic carbocycles. The molecule has 0 aromatic rings. The minimum Gasteiger partial charge on any atom is -0.429 e. The number of hydrazine groups is 1. The van der Waals surface area contributed by atoms with Crippen LogP contribution >= 0.6 is 0 Å². The molecular formula is C4H8N4O. The Morgan fingerprint density at radius 1 is 1.78 bits per heavy atom. The Morgan fingerprint density at radius 2 is 2.56 bits per heavy atom. The van der Waals surface area contributed by atoms with Crippen molar-refractivity contribution in [1.82, 2.24) is 5.43 Å². The number of nitrogens with one attached hydrogen (secondary N) is 2. The van der Waals surface area contributed by atoms with Gasteiger partial charge in [-0.2, -0.15) is 0 Å². The van der Waals surface area contributed by atoms with Crippen LogP contribution in [0.15, 0.2) is 24.2 Å². The second-order valence-electron chi connectivity index (χ2n) is 1.53. The first-order valence-electron chi connectivity index (χ1n) is 2.45. The van der Waals surface area contributed by atoms with Crippen LogP contribution in [0, 0.1) is 0 Å². The van der Waals surface area contributed by atoms with E-state index in [0.29, 0.717) is 5.82 Å². The van der Waals surface area contributed by atoms with E-state index in [-0.39, 0.29) is 5.17 Å². The maximum atomic E-state index is 8.74. The normalized spacial score (nSPS) is 24.7. The quantitative estimate of drug-likeness (QED) is 0.253. The van der Waals surface area contributed by atoms with Crippen LogP contribution in [0.5, 0.6) is 0 Å². The Kier molecular flexibility index (Phi) is 1.69. The van der Waals surface area contributed by atoms with E-state index < -0.39 is 0 Å². The van der Waals surface area contributed by atoms with Crippen LogP contribution in [-0.2, 0) is 0 Å². The van der Waals surface area contributed by atoms with E-state index >= 15 is 0 Å². The number of rotatable bonds is 1. The lowest BCUT2D eigenvalue weighted by Crippen LogP contribution is -3.00. The number of hydroxylamine groups is 1. The van der Waals surface area contributed by atoms with E-state index in [9.17, 15) is 0 Å². The molecule has 0 radical (unpaired) electrons. The van der Waals surface area contributed by atoms with Gasteiger partial charge in [-0.25, -0.2) is 10.6 Å². The molecule has 0 fully saturated rings. The average Bonchev–Trinajstić information content (AvgIpc) is 1.88. The average molecular weight is 128 g/mol. The molecule has 1 rings (SSSR count). The van der Waals surface area contributed by atoms with E-state index in [1.54, 1.807) is 12.2 Å². The molecule has 1 aliphatic heterocycles. The van der Waals surface area contributed by atoms with Crippen LogP contribution in [0.3, 0.4) is 0 Å². The largest absolute Gasteiger partial charge is 0.429 e. The van der Waals surface area contributed by atoms with Crippen LogP contribution in [0.25, 0.3) is 5.43 Å². The summed E-state index contributed by atoms with van der Waals surface area (Å²) in [5.74, 6) is 5.45. The summed E-state index contributed by atoms with van der Waals surface area (Å²) in [4.78, 5) is 0. The van der Waals surface area contributed by atoms with E-state index in [1.165, 1.54) is 6.20 Å². The van der Waals surface area contributed by atoms with Crippen molar-refractivity contribution < 1.29 is 10.4 Å². The summed E-state index contributed by atoms with van der Waals surface area (Å²) < 4.78 is 0. The Hall–Kier alpha value is -1.04. The van der Waals surface area contributed by atoms with Gasteiger partial charge >= 0.3 is 0 Å². The molecule has 1 heterocycles. The number of nitrogens with two attached hydrogens (primary N) is 1. The lowest BCUT2D eigenvalue weighted by molar-refractivity contribution is -1.01. The standard InChI is InChI=1S/C4H8N4O/c5-6-4-2-1-3-8(9)7-4/h1-3,6,8-9H,5H2. The highest BCUT2D eigenvalue weighted by Crippen LogP contribution is 1.94. The van der Waals surface area contributed by atoms with Gasteiger partial charge in [0.1, 0.15) is 6.20 Å². The van der Waals surface area contributed by atoms with Crippen molar-refractivity contribution in [3.63, 3.8) is 0 Å². The van der Waals surface area contributed by atoms with Crippen molar-refractivity contribution in [3.05, 3.63) is 29.6 Å². The number of allylic oxidation sites excluding steroid dienone is 2. The van der Waals surface area contributed by atoms with Gasteiger partial charge in [0.25, 0.3) is 0 Å². The molecule has 5 heteroatoms. The van der Waals surface area contributed by atoms with E-state index in [0.717, 1.165) is 0 Å². The van der Waals surface area contributed by atoms with Gasteiger partial charge in [-0.05, 0) is 6.08 Å². The van der Waals surface area contributed by atoms with Crippen LogP contribution < -0.4 is 16.4 Å². The second-order valence-corrected chi connectivity index (χ2v) is 1.53. The Balaban J connectivity index is 2.55. The van der Waals surface area contributed by atoms with Crippen molar-refractivity contribution in [3.8, 4) is 0 Å². The number of hydrogen-bond acceptors (Lipinski definition) is 3. The highest BCUT2D eigenvalue weighted by Gasteiger charge is 1.97. The minimum atomic E-state index is -0.0366. The van der Waals surface area contributed by atoms with Crippen LogP contribution in [0.1, 0.15) is 0 Å². The molecule has 1 unspecified atom stereocenters. The Morgan fingerprint density at radius 3 is 3.00 bits per heavy atom. The van der Waals surface area contributed by atoms with Gasteiger partial charge in [-0.1, -0.05) is 6.08 Å². The predicted octanol–water partition coefficient (Wildman–Crippen LogP) is -1.62. The predicted molar refractivity (Wildman–Crippen MR) is 30.7 cm³/mol. The molecule has 0 aromatic heterocycles. The van der Waals surface area contributed by atoms with Crippen LogP contribution in [0.4, 0.5) is 0 Å². The molecule has 0 aromatic carbocycles. The number of quaternary nitrogens is 1. The van der Waals surface area contributed by atoms with E-state index in [2.05, 4.69) is 10.9 Å². The summed E-state index contributed by atoms with van der Waals surface area (Å²) >= 11 is 0. The monoisotopic (exact) mass is 128 g/mol. The van der Waals surface area contributed by atoms with Gasteiger partial charge in [-0.15, -0.1) is 5.17 Å². The van der Waals surface area contributed by atoms with Crippen LogP contribution in [0.2, 0.25) is 0 Å². The van der Waals surface area contributed by atoms with Crippen molar-refractivity contribution in [2.75, 3.05) is 0 Å². The molecule has 9 heavy (non-hydrogen) atoms. The lowest BCUT2D eigenvalue weighted by atomic mass is 10.5. The first kappa shape index (κ1) is 6.09. The maximum Gasteiger partial charge on any atom is 0.137 e. The lowest BCUT2D eigenvalue weighted by Gasteiger charge is -2.20. The van der Waals surface area contributed by atoms with Gasteiger partial charge in [0.15, 0.2) is 0 Å². The zero-order chi connectivity index (χ0) is 6.69. The second kappa shape index (κ2) is 2.49. The third kappa shape index (κ3) is 1.43. The SMILES string of the molecule is NNC1=CC=C[NH+](O)[N-]1. The third-order valence-corrected chi connectivity index (χ3v) is 0.882. The highest BCUT2D eigenvalue weighted by molar-refractivity contribution is 5.17. The molecule has 0 saturated carbocycles. The maximum absolute atomic E-state index is 8.74. The first-order chi connectivity index (χ1) is 4.33. The Bertz CT molecular complexity index is 153. The summed E-state index contributed by atoms with van der Waals surface area (Å²) in [6.45, 7) is 0. The van der Waals surface area contributed by atoms with Gasteiger partial charge in [0.05, 0.1) is 0 Å². The summed E-state index contributed by atoms with van der Waals surface area (Å²) in [6, 6.07) is 0. The van der Waals surface area contributed by atoms with Crippen LogP contribution in [-0.4, -0.2) is 5.21 Å². The summed E-state index contributed by atoms with van der Waals surface area (Å²) in [5.41, 5.74) is 5.91. The molecule has 1 aliphatic rings. The molecule has 5 nitrogen and oxygen atoms in total. The fourth-order valence-corrected chi connectivity index (χ4v) is 0.504.